The number of hydrogen-bond acceptors (Lipinski definition) is 5. The van der Waals surface area contributed by atoms with Gasteiger partial charge in [-0.2, -0.15) is 5.10 Å². The Morgan fingerprint density at radius 3 is 2.71 bits per heavy atom. The highest BCUT2D eigenvalue weighted by atomic mass is 16.5. The largest absolute Gasteiger partial charge is 0.381 e. The van der Waals surface area contributed by atoms with Crippen molar-refractivity contribution in [2.24, 2.45) is 0 Å². The number of methoxy groups -OCH3 is 1. The lowest BCUT2D eigenvalue weighted by Crippen LogP contribution is -2.38. The lowest BCUT2D eigenvalue weighted by molar-refractivity contribution is 0.0819. The quantitative estimate of drug-likeness (QED) is 0.832. The lowest BCUT2D eigenvalue weighted by Gasteiger charge is -2.32. The Labute approximate surface area is 125 Å². The minimum absolute atomic E-state index is 0.0149. The molecule has 2 fully saturated rings. The van der Waals surface area contributed by atoms with Gasteiger partial charge in [0.1, 0.15) is 0 Å². The van der Waals surface area contributed by atoms with E-state index in [1.54, 1.807) is 17.9 Å². The molecule has 1 aliphatic heterocycles. The van der Waals surface area contributed by atoms with Crippen LogP contribution in [0.15, 0.2) is 17.1 Å². The number of piperidine rings is 1. The van der Waals surface area contributed by atoms with Crippen LogP contribution in [-0.2, 0) is 11.3 Å². The monoisotopic (exact) mass is 292 g/mol. The van der Waals surface area contributed by atoms with Gasteiger partial charge in [0.05, 0.1) is 24.5 Å². The molecule has 0 radical (unpaired) electrons. The highest BCUT2D eigenvalue weighted by Gasteiger charge is 2.21. The first-order chi connectivity index (χ1) is 10.3. The summed E-state index contributed by atoms with van der Waals surface area (Å²) >= 11 is 0. The van der Waals surface area contributed by atoms with Crippen LogP contribution in [0.5, 0.6) is 0 Å². The molecule has 0 spiro atoms. The molecule has 1 saturated heterocycles. The molecule has 1 N–H and O–H groups in total. The predicted octanol–water partition coefficient (Wildman–Crippen LogP) is 0.611. The maximum atomic E-state index is 12.1. The molecule has 0 unspecified atom stereocenters. The van der Waals surface area contributed by atoms with Crippen LogP contribution in [0.4, 0.5) is 5.69 Å². The van der Waals surface area contributed by atoms with Gasteiger partial charge in [0.15, 0.2) is 0 Å². The summed E-state index contributed by atoms with van der Waals surface area (Å²) in [6, 6.07) is 2.37. The van der Waals surface area contributed by atoms with Gasteiger partial charge in [0.2, 0.25) is 0 Å². The van der Waals surface area contributed by atoms with Gasteiger partial charge in [-0.25, -0.2) is 4.68 Å². The second-order valence-electron chi connectivity index (χ2n) is 5.93. The maximum absolute atomic E-state index is 12.1. The fourth-order valence-corrected chi connectivity index (χ4v) is 2.78. The van der Waals surface area contributed by atoms with Crippen LogP contribution in [0.1, 0.15) is 25.7 Å². The van der Waals surface area contributed by atoms with Gasteiger partial charge in [-0.05, 0) is 25.7 Å². The minimum atomic E-state index is -0.0149. The lowest BCUT2D eigenvalue weighted by atomic mass is 10.1. The Morgan fingerprint density at radius 1 is 1.33 bits per heavy atom. The fourth-order valence-electron chi connectivity index (χ4n) is 2.78. The van der Waals surface area contributed by atoms with Gasteiger partial charge in [-0.15, -0.1) is 0 Å². The van der Waals surface area contributed by atoms with Crippen LogP contribution in [0.3, 0.4) is 0 Å². The Kier molecular flexibility index (Phi) is 4.55. The number of nitrogens with zero attached hydrogens (tertiary/aromatic N) is 3. The highest BCUT2D eigenvalue weighted by molar-refractivity contribution is 5.43. The van der Waals surface area contributed by atoms with Gasteiger partial charge < -0.3 is 15.0 Å². The molecule has 6 nitrogen and oxygen atoms in total. The Morgan fingerprint density at radius 2 is 2.10 bits per heavy atom. The summed E-state index contributed by atoms with van der Waals surface area (Å²) in [5.74, 6) is 0. The molecule has 21 heavy (non-hydrogen) atoms. The Hall–Kier alpha value is -1.40. The summed E-state index contributed by atoms with van der Waals surface area (Å²) < 4.78 is 6.91. The molecule has 1 saturated carbocycles. The van der Waals surface area contributed by atoms with Gasteiger partial charge in [0.25, 0.3) is 5.56 Å². The van der Waals surface area contributed by atoms with Crippen molar-refractivity contribution in [1.29, 1.82) is 0 Å². The molecular weight excluding hydrogens is 268 g/mol. The molecule has 0 atom stereocenters. The van der Waals surface area contributed by atoms with Crippen molar-refractivity contribution in [3.63, 3.8) is 0 Å². The van der Waals surface area contributed by atoms with Crippen LogP contribution in [0, 0.1) is 0 Å². The summed E-state index contributed by atoms with van der Waals surface area (Å²) in [5.41, 5.74) is 0.917. The number of rotatable bonds is 6. The first-order valence-electron chi connectivity index (χ1n) is 7.84. The highest BCUT2D eigenvalue weighted by Crippen LogP contribution is 2.19. The van der Waals surface area contributed by atoms with E-state index in [4.69, 9.17) is 4.74 Å². The topological polar surface area (TPSA) is 59.4 Å². The number of hydrogen-bond donors (Lipinski definition) is 1. The van der Waals surface area contributed by atoms with E-state index in [9.17, 15) is 4.79 Å². The van der Waals surface area contributed by atoms with Crippen molar-refractivity contribution in [2.75, 3.05) is 31.6 Å². The number of nitrogens with one attached hydrogen (secondary N) is 1. The smallest absolute Gasteiger partial charge is 0.268 e. The molecule has 3 rings (SSSR count). The van der Waals surface area contributed by atoms with E-state index >= 15 is 0 Å². The van der Waals surface area contributed by atoms with E-state index in [1.165, 1.54) is 12.8 Å². The molecule has 2 aliphatic rings. The van der Waals surface area contributed by atoms with Crippen LogP contribution >= 0.6 is 0 Å². The third-order valence-corrected chi connectivity index (χ3v) is 4.33. The van der Waals surface area contributed by atoms with Gasteiger partial charge in [-0.1, -0.05) is 0 Å². The van der Waals surface area contributed by atoms with Crippen molar-refractivity contribution >= 4 is 5.69 Å². The average molecular weight is 292 g/mol. The van der Waals surface area contributed by atoms with Crippen LogP contribution in [0.2, 0.25) is 0 Å². The Balaban J connectivity index is 1.57. The fraction of sp³-hybridized carbons (Fsp3) is 0.733. The van der Waals surface area contributed by atoms with Crippen LogP contribution in [-0.4, -0.2) is 48.7 Å². The molecular formula is C15H24N4O2. The molecule has 116 valence electrons. The van der Waals surface area contributed by atoms with Gasteiger partial charge in [-0.3, -0.25) is 4.79 Å². The zero-order valence-corrected chi connectivity index (χ0v) is 12.6. The summed E-state index contributed by atoms with van der Waals surface area (Å²) in [5, 5.41) is 7.70. The molecule has 6 heteroatoms. The molecule has 0 amide bonds. The van der Waals surface area contributed by atoms with E-state index in [-0.39, 0.29) is 5.56 Å². The molecule has 2 heterocycles. The van der Waals surface area contributed by atoms with Crippen molar-refractivity contribution in [3.8, 4) is 0 Å². The van der Waals surface area contributed by atoms with E-state index in [0.29, 0.717) is 18.7 Å². The maximum Gasteiger partial charge on any atom is 0.268 e. The average Bonchev–Trinajstić information content (AvgIpc) is 3.33. The standard InChI is InChI=1S/C15H24N4O2/c1-21-14-4-7-18(8-5-14)13-10-15(20)19(17-11-13)9-6-16-12-2-3-12/h10-12,14,16H,2-9H2,1H3. The normalized spacial score (nSPS) is 20.0. The van der Waals surface area contributed by atoms with E-state index in [2.05, 4.69) is 15.3 Å². The molecule has 1 aliphatic carbocycles. The number of aromatic nitrogens is 2. The molecule has 1 aromatic heterocycles. The third-order valence-electron chi connectivity index (χ3n) is 4.33. The van der Waals surface area contributed by atoms with Crippen molar-refractivity contribution in [3.05, 3.63) is 22.6 Å². The zero-order valence-electron chi connectivity index (χ0n) is 12.6. The summed E-state index contributed by atoms with van der Waals surface area (Å²) in [7, 11) is 1.76. The first kappa shape index (κ1) is 14.5. The van der Waals surface area contributed by atoms with E-state index < -0.39 is 0 Å². The summed E-state index contributed by atoms with van der Waals surface area (Å²) in [6.07, 6.45) is 6.70. The molecule has 0 aromatic carbocycles. The van der Waals surface area contributed by atoms with Gasteiger partial charge in [0, 0.05) is 38.9 Å². The Bertz CT molecular complexity index is 519. The second-order valence-corrected chi connectivity index (χ2v) is 5.93. The third kappa shape index (κ3) is 3.83. The van der Waals surface area contributed by atoms with E-state index in [0.717, 1.165) is 38.2 Å². The predicted molar refractivity (Wildman–Crippen MR) is 81.8 cm³/mol. The van der Waals surface area contributed by atoms with Crippen LogP contribution < -0.4 is 15.8 Å². The molecule has 1 aromatic rings. The SMILES string of the molecule is COC1CCN(c2cnn(CCNC3CC3)c(=O)c2)CC1. The summed E-state index contributed by atoms with van der Waals surface area (Å²) in [4.78, 5) is 14.3. The number of ether oxygens (including phenoxy) is 1. The van der Waals surface area contributed by atoms with E-state index in [1.807, 2.05) is 6.20 Å². The second kappa shape index (κ2) is 6.58. The minimum Gasteiger partial charge on any atom is -0.381 e. The van der Waals surface area contributed by atoms with Crippen molar-refractivity contribution in [2.45, 2.75) is 44.4 Å². The van der Waals surface area contributed by atoms with Gasteiger partial charge >= 0.3 is 0 Å². The van der Waals surface area contributed by atoms with Crippen LogP contribution in [0.25, 0.3) is 0 Å². The molecule has 0 bridgehead atoms. The van der Waals surface area contributed by atoms with Crippen molar-refractivity contribution < 1.29 is 4.74 Å². The zero-order chi connectivity index (χ0) is 14.7. The van der Waals surface area contributed by atoms with Crippen molar-refractivity contribution in [1.82, 2.24) is 15.1 Å². The summed E-state index contributed by atoms with van der Waals surface area (Å²) in [6.45, 7) is 3.30. The number of anilines is 1. The first-order valence-corrected chi connectivity index (χ1v) is 7.84.